The quantitative estimate of drug-likeness (QED) is 0.613. The van der Waals surface area contributed by atoms with Crippen molar-refractivity contribution in [1.29, 1.82) is 0 Å². The minimum Gasteiger partial charge on any atom is -0.480 e. The average Bonchev–Trinajstić information content (AvgIpc) is 2.89. The molecule has 0 atom stereocenters. The summed E-state index contributed by atoms with van der Waals surface area (Å²) >= 11 is 0. The van der Waals surface area contributed by atoms with Gasteiger partial charge in [0, 0.05) is 30.8 Å². The summed E-state index contributed by atoms with van der Waals surface area (Å²) in [6.07, 6.45) is 0.620. The van der Waals surface area contributed by atoms with Crippen LogP contribution in [0.5, 0.6) is 0 Å². The van der Waals surface area contributed by atoms with Crippen molar-refractivity contribution in [1.82, 2.24) is 9.62 Å². The van der Waals surface area contributed by atoms with E-state index in [1.165, 1.54) is 28.6 Å². The smallest absolute Gasteiger partial charge is 0.322 e. The SMILES string of the molecule is O=C(O)CNC(=O)c1ccc(NC(=O)CCN2CCCS2(=O)=O)cc1. The first kappa shape index (κ1) is 18.9. The number of carbonyl (C=O) groups excluding carboxylic acids is 2. The Hall–Kier alpha value is -2.46. The Labute approximate surface area is 145 Å². The van der Waals surface area contributed by atoms with E-state index >= 15 is 0 Å². The molecule has 1 fully saturated rings. The number of carbonyl (C=O) groups is 3. The third kappa shape index (κ3) is 5.54. The standard InChI is InChI=1S/C15H19N3O6S/c19-13(6-8-18-7-1-9-25(18,23)24)17-12-4-2-11(3-5-12)15(22)16-10-14(20)21/h2-5H,1,6-10H2,(H,16,22)(H,17,19)(H,20,21). The van der Waals surface area contributed by atoms with E-state index in [4.69, 9.17) is 5.11 Å². The molecule has 10 heteroatoms. The maximum absolute atomic E-state index is 11.9. The predicted octanol–water partition coefficient (Wildman–Crippen LogP) is -0.135. The molecule has 3 N–H and O–H groups in total. The van der Waals surface area contributed by atoms with E-state index in [1.807, 2.05) is 0 Å². The van der Waals surface area contributed by atoms with Crippen LogP contribution in [-0.4, -0.2) is 61.0 Å². The van der Waals surface area contributed by atoms with Crippen LogP contribution < -0.4 is 10.6 Å². The number of rotatable bonds is 7. The molecular formula is C15H19N3O6S. The Morgan fingerprint density at radius 1 is 1.16 bits per heavy atom. The van der Waals surface area contributed by atoms with Crippen LogP contribution in [0.25, 0.3) is 0 Å². The molecule has 2 rings (SSSR count). The maximum Gasteiger partial charge on any atom is 0.322 e. The summed E-state index contributed by atoms with van der Waals surface area (Å²) in [6.45, 7) is 0.107. The summed E-state index contributed by atoms with van der Waals surface area (Å²) in [6, 6.07) is 5.94. The highest BCUT2D eigenvalue weighted by Crippen LogP contribution is 2.14. The Kier molecular flexibility index (Phi) is 6.10. The molecule has 25 heavy (non-hydrogen) atoms. The number of benzene rings is 1. The van der Waals surface area contributed by atoms with Crippen LogP contribution in [0.1, 0.15) is 23.2 Å². The number of sulfonamides is 1. The number of anilines is 1. The van der Waals surface area contributed by atoms with Crippen LogP contribution in [0.4, 0.5) is 5.69 Å². The number of aliphatic carboxylic acids is 1. The monoisotopic (exact) mass is 369 g/mol. The number of carboxylic acids is 1. The van der Waals surface area contributed by atoms with Crippen molar-refractivity contribution >= 4 is 33.5 Å². The van der Waals surface area contributed by atoms with Gasteiger partial charge in [0.15, 0.2) is 0 Å². The molecule has 1 aromatic rings. The van der Waals surface area contributed by atoms with Gasteiger partial charge in [0.1, 0.15) is 6.54 Å². The van der Waals surface area contributed by atoms with Crippen LogP contribution in [-0.2, 0) is 19.6 Å². The fourth-order valence-corrected chi connectivity index (χ4v) is 3.88. The summed E-state index contributed by atoms with van der Waals surface area (Å²) in [5.74, 6) is -1.87. The fourth-order valence-electron chi connectivity index (χ4n) is 2.35. The van der Waals surface area contributed by atoms with Crippen molar-refractivity contribution in [2.24, 2.45) is 0 Å². The Morgan fingerprint density at radius 3 is 2.40 bits per heavy atom. The van der Waals surface area contributed by atoms with Gasteiger partial charge in [-0.2, -0.15) is 0 Å². The summed E-state index contributed by atoms with van der Waals surface area (Å²) < 4.78 is 24.6. The molecule has 0 radical (unpaired) electrons. The molecule has 0 spiro atoms. The van der Waals surface area contributed by atoms with E-state index in [1.54, 1.807) is 0 Å². The van der Waals surface area contributed by atoms with Crippen molar-refractivity contribution < 1.29 is 27.9 Å². The summed E-state index contributed by atoms with van der Waals surface area (Å²) in [5.41, 5.74) is 0.728. The normalized spacial score (nSPS) is 16.3. The molecule has 0 aliphatic carbocycles. The van der Waals surface area contributed by atoms with E-state index in [-0.39, 0.29) is 30.2 Å². The highest BCUT2D eigenvalue weighted by atomic mass is 32.2. The minimum absolute atomic E-state index is 0.0417. The van der Waals surface area contributed by atoms with Gasteiger partial charge in [-0.15, -0.1) is 0 Å². The molecule has 1 aliphatic rings. The second-order valence-electron chi connectivity index (χ2n) is 5.52. The Morgan fingerprint density at radius 2 is 1.84 bits per heavy atom. The number of nitrogens with one attached hydrogen (secondary N) is 2. The number of amides is 2. The van der Waals surface area contributed by atoms with Crippen LogP contribution in [0.3, 0.4) is 0 Å². The maximum atomic E-state index is 11.9. The van der Waals surface area contributed by atoms with Gasteiger partial charge in [0.25, 0.3) is 5.91 Å². The number of hydrogen-bond acceptors (Lipinski definition) is 5. The first-order valence-electron chi connectivity index (χ1n) is 7.66. The van der Waals surface area contributed by atoms with E-state index in [9.17, 15) is 22.8 Å². The van der Waals surface area contributed by atoms with E-state index in [2.05, 4.69) is 10.6 Å². The lowest BCUT2D eigenvalue weighted by Crippen LogP contribution is -2.29. The average molecular weight is 369 g/mol. The van der Waals surface area contributed by atoms with Gasteiger partial charge in [-0.05, 0) is 30.7 Å². The van der Waals surface area contributed by atoms with Crippen molar-refractivity contribution in [3.05, 3.63) is 29.8 Å². The zero-order valence-corrected chi connectivity index (χ0v) is 14.2. The molecule has 1 aliphatic heterocycles. The molecule has 2 amide bonds. The van der Waals surface area contributed by atoms with Crippen molar-refractivity contribution in [3.8, 4) is 0 Å². The first-order valence-corrected chi connectivity index (χ1v) is 9.26. The third-order valence-electron chi connectivity index (χ3n) is 3.62. The molecule has 9 nitrogen and oxygen atoms in total. The van der Waals surface area contributed by atoms with Crippen LogP contribution >= 0.6 is 0 Å². The molecule has 1 saturated heterocycles. The number of hydrogen-bond donors (Lipinski definition) is 3. The number of nitrogens with zero attached hydrogens (tertiary/aromatic N) is 1. The van der Waals surface area contributed by atoms with Gasteiger partial charge in [0.2, 0.25) is 15.9 Å². The van der Waals surface area contributed by atoms with Crippen LogP contribution in [0.2, 0.25) is 0 Å². The minimum atomic E-state index is -3.22. The number of carboxylic acid groups (broad SMARTS) is 1. The van der Waals surface area contributed by atoms with E-state index in [0.717, 1.165) is 0 Å². The van der Waals surface area contributed by atoms with Gasteiger partial charge in [-0.1, -0.05) is 0 Å². The van der Waals surface area contributed by atoms with Crippen LogP contribution in [0, 0.1) is 0 Å². The lowest BCUT2D eigenvalue weighted by molar-refractivity contribution is -0.135. The molecule has 0 saturated carbocycles. The van der Waals surface area contributed by atoms with Gasteiger partial charge in [0.05, 0.1) is 5.75 Å². The van der Waals surface area contributed by atoms with Gasteiger partial charge in [-0.25, -0.2) is 12.7 Å². The highest BCUT2D eigenvalue weighted by Gasteiger charge is 2.28. The summed E-state index contributed by atoms with van der Waals surface area (Å²) in [4.78, 5) is 34.0. The summed E-state index contributed by atoms with van der Waals surface area (Å²) in [7, 11) is -3.22. The largest absolute Gasteiger partial charge is 0.480 e. The molecule has 1 heterocycles. The third-order valence-corrected chi connectivity index (χ3v) is 5.58. The molecule has 1 aromatic carbocycles. The lowest BCUT2D eigenvalue weighted by Gasteiger charge is -2.13. The van der Waals surface area contributed by atoms with E-state index < -0.39 is 28.4 Å². The van der Waals surface area contributed by atoms with Crippen molar-refractivity contribution in [2.75, 3.05) is 30.7 Å². The van der Waals surface area contributed by atoms with Gasteiger partial charge >= 0.3 is 5.97 Å². The fraction of sp³-hybridized carbons (Fsp3) is 0.400. The van der Waals surface area contributed by atoms with E-state index in [0.29, 0.717) is 18.7 Å². The summed E-state index contributed by atoms with van der Waals surface area (Å²) in [5, 5.41) is 13.4. The molecule has 0 unspecified atom stereocenters. The Bertz CT molecular complexity index is 760. The Balaban J connectivity index is 1.83. The topological polar surface area (TPSA) is 133 Å². The second-order valence-corrected chi connectivity index (χ2v) is 7.61. The van der Waals surface area contributed by atoms with Crippen molar-refractivity contribution in [3.63, 3.8) is 0 Å². The lowest BCUT2D eigenvalue weighted by atomic mass is 10.2. The second kappa shape index (κ2) is 8.08. The molecule has 0 bridgehead atoms. The van der Waals surface area contributed by atoms with Gasteiger partial charge < -0.3 is 15.7 Å². The molecule has 136 valence electrons. The van der Waals surface area contributed by atoms with Gasteiger partial charge in [-0.3, -0.25) is 14.4 Å². The first-order chi connectivity index (χ1) is 11.8. The molecule has 0 aromatic heterocycles. The predicted molar refractivity (Wildman–Crippen MR) is 89.6 cm³/mol. The zero-order valence-electron chi connectivity index (χ0n) is 13.4. The zero-order chi connectivity index (χ0) is 18.4. The molecular weight excluding hydrogens is 350 g/mol. The highest BCUT2D eigenvalue weighted by molar-refractivity contribution is 7.89. The van der Waals surface area contributed by atoms with Crippen molar-refractivity contribution in [2.45, 2.75) is 12.8 Å². The van der Waals surface area contributed by atoms with Crippen LogP contribution in [0.15, 0.2) is 24.3 Å².